The van der Waals surface area contributed by atoms with E-state index < -0.39 is 0 Å². The van der Waals surface area contributed by atoms with Crippen molar-refractivity contribution in [3.05, 3.63) is 11.6 Å². The van der Waals surface area contributed by atoms with E-state index in [4.69, 9.17) is 5.73 Å². The van der Waals surface area contributed by atoms with Gasteiger partial charge in [-0.05, 0) is 24.7 Å². The van der Waals surface area contributed by atoms with Gasteiger partial charge in [0.25, 0.3) is 0 Å². The van der Waals surface area contributed by atoms with E-state index in [9.17, 15) is 0 Å². The first-order chi connectivity index (χ1) is 8.61. The van der Waals surface area contributed by atoms with Gasteiger partial charge in [0.05, 0.1) is 6.54 Å². The molecular formula is C14H26N4. The number of aromatic nitrogens is 3. The maximum Gasteiger partial charge on any atom is 0.146 e. The van der Waals surface area contributed by atoms with Crippen molar-refractivity contribution in [1.82, 2.24) is 14.8 Å². The summed E-state index contributed by atoms with van der Waals surface area (Å²) < 4.78 is 2.27. The van der Waals surface area contributed by atoms with Gasteiger partial charge in [-0.3, -0.25) is 0 Å². The van der Waals surface area contributed by atoms with Gasteiger partial charge in [-0.1, -0.05) is 33.6 Å². The Labute approximate surface area is 110 Å². The molecule has 0 atom stereocenters. The molecule has 1 aromatic rings. The molecule has 0 aromatic carbocycles. The average molecular weight is 250 g/mol. The minimum atomic E-state index is 0.489. The lowest BCUT2D eigenvalue weighted by atomic mass is 9.82. The van der Waals surface area contributed by atoms with Gasteiger partial charge in [-0.2, -0.15) is 0 Å². The molecule has 0 bridgehead atoms. The Morgan fingerprint density at radius 2 is 1.89 bits per heavy atom. The zero-order valence-electron chi connectivity index (χ0n) is 11.9. The zero-order chi connectivity index (χ0) is 13.1. The van der Waals surface area contributed by atoms with E-state index >= 15 is 0 Å². The Morgan fingerprint density at radius 1 is 1.22 bits per heavy atom. The quantitative estimate of drug-likeness (QED) is 0.894. The van der Waals surface area contributed by atoms with Gasteiger partial charge < -0.3 is 10.3 Å². The maximum absolute atomic E-state index is 5.77. The van der Waals surface area contributed by atoms with Gasteiger partial charge in [0.15, 0.2) is 0 Å². The number of hydrogen-bond donors (Lipinski definition) is 1. The molecule has 4 heteroatoms. The molecule has 0 radical (unpaired) electrons. The molecule has 1 aliphatic carbocycles. The molecule has 2 rings (SSSR count). The first-order valence-electron chi connectivity index (χ1n) is 7.23. The SMILES string of the molecule is CC(C)Cn1c(CN)nnc1C1CCC(C)CC1. The lowest BCUT2D eigenvalue weighted by molar-refractivity contribution is 0.329. The predicted molar refractivity (Wildman–Crippen MR) is 73.1 cm³/mol. The van der Waals surface area contributed by atoms with Crippen molar-refractivity contribution in [2.45, 2.75) is 65.5 Å². The smallest absolute Gasteiger partial charge is 0.146 e. The zero-order valence-corrected chi connectivity index (χ0v) is 11.9. The second kappa shape index (κ2) is 5.83. The van der Waals surface area contributed by atoms with E-state index in [0.717, 1.165) is 18.3 Å². The highest BCUT2D eigenvalue weighted by Gasteiger charge is 2.25. The molecule has 1 aromatic heterocycles. The van der Waals surface area contributed by atoms with Gasteiger partial charge >= 0.3 is 0 Å². The van der Waals surface area contributed by atoms with Gasteiger partial charge in [-0.15, -0.1) is 10.2 Å². The van der Waals surface area contributed by atoms with Crippen LogP contribution in [0.15, 0.2) is 0 Å². The molecule has 0 saturated heterocycles. The minimum Gasteiger partial charge on any atom is -0.324 e. The second-order valence-corrected chi connectivity index (χ2v) is 6.14. The van der Waals surface area contributed by atoms with Crippen molar-refractivity contribution in [3.63, 3.8) is 0 Å². The molecule has 4 nitrogen and oxygen atoms in total. The average Bonchev–Trinajstić information content (AvgIpc) is 2.72. The third-order valence-electron chi connectivity index (χ3n) is 3.97. The normalized spacial score (nSPS) is 24.7. The summed E-state index contributed by atoms with van der Waals surface area (Å²) in [6.07, 6.45) is 5.14. The van der Waals surface area contributed by atoms with Crippen molar-refractivity contribution < 1.29 is 0 Å². The second-order valence-electron chi connectivity index (χ2n) is 6.14. The molecule has 0 spiro atoms. The summed E-state index contributed by atoms with van der Waals surface area (Å²) in [5.74, 6) is 4.19. The fourth-order valence-electron chi connectivity index (χ4n) is 2.88. The standard InChI is InChI=1S/C14H26N4/c1-10(2)9-18-13(8-15)16-17-14(18)12-6-4-11(3)5-7-12/h10-12H,4-9,15H2,1-3H3. The van der Waals surface area contributed by atoms with Crippen LogP contribution in [0, 0.1) is 11.8 Å². The van der Waals surface area contributed by atoms with E-state index in [1.165, 1.54) is 31.5 Å². The van der Waals surface area contributed by atoms with Crippen molar-refractivity contribution in [3.8, 4) is 0 Å². The lowest BCUT2D eigenvalue weighted by Crippen LogP contribution is -2.19. The maximum atomic E-state index is 5.77. The van der Waals surface area contributed by atoms with Crippen molar-refractivity contribution in [2.75, 3.05) is 0 Å². The van der Waals surface area contributed by atoms with E-state index in [1.807, 2.05) is 0 Å². The van der Waals surface area contributed by atoms with Crippen LogP contribution < -0.4 is 5.73 Å². The first-order valence-corrected chi connectivity index (χ1v) is 7.23. The van der Waals surface area contributed by atoms with Crippen LogP contribution in [0.25, 0.3) is 0 Å². The van der Waals surface area contributed by atoms with Crippen molar-refractivity contribution >= 4 is 0 Å². The summed E-state index contributed by atoms with van der Waals surface area (Å²) >= 11 is 0. The number of nitrogens with two attached hydrogens (primary N) is 1. The summed E-state index contributed by atoms with van der Waals surface area (Å²) in [4.78, 5) is 0. The molecule has 0 amide bonds. The largest absolute Gasteiger partial charge is 0.324 e. The molecule has 1 fully saturated rings. The first kappa shape index (κ1) is 13.5. The summed E-state index contributed by atoms with van der Waals surface area (Å²) in [7, 11) is 0. The van der Waals surface area contributed by atoms with E-state index in [-0.39, 0.29) is 0 Å². The summed E-state index contributed by atoms with van der Waals surface area (Å²) in [5, 5.41) is 8.69. The Balaban J connectivity index is 2.18. The van der Waals surface area contributed by atoms with E-state index in [1.54, 1.807) is 0 Å². The minimum absolute atomic E-state index is 0.489. The summed E-state index contributed by atoms with van der Waals surface area (Å²) in [5.41, 5.74) is 5.77. The van der Waals surface area contributed by atoms with Gasteiger partial charge in [0.2, 0.25) is 0 Å². The third-order valence-corrected chi connectivity index (χ3v) is 3.97. The highest BCUT2D eigenvalue weighted by atomic mass is 15.3. The molecule has 0 aliphatic heterocycles. The van der Waals surface area contributed by atoms with E-state index in [0.29, 0.717) is 18.4 Å². The number of hydrogen-bond acceptors (Lipinski definition) is 3. The van der Waals surface area contributed by atoms with Crippen LogP contribution in [0.1, 0.15) is 64.0 Å². The molecule has 18 heavy (non-hydrogen) atoms. The Bertz CT molecular complexity index is 375. The van der Waals surface area contributed by atoms with Crippen LogP contribution in [0.3, 0.4) is 0 Å². The lowest BCUT2D eigenvalue weighted by Gasteiger charge is -2.26. The van der Waals surface area contributed by atoms with Gasteiger partial charge in [-0.25, -0.2) is 0 Å². The van der Waals surface area contributed by atoms with E-state index in [2.05, 4.69) is 35.5 Å². The molecule has 1 heterocycles. The predicted octanol–water partition coefficient (Wildman–Crippen LogP) is 2.69. The molecule has 1 aliphatic rings. The summed E-state index contributed by atoms with van der Waals surface area (Å²) in [6, 6.07) is 0. The number of rotatable bonds is 4. The highest BCUT2D eigenvalue weighted by molar-refractivity contribution is 5.04. The number of nitrogens with zero attached hydrogens (tertiary/aromatic N) is 3. The highest BCUT2D eigenvalue weighted by Crippen LogP contribution is 2.35. The van der Waals surface area contributed by atoms with Crippen LogP contribution in [-0.4, -0.2) is 14.8 Å². The van der Waals surface area contributed by atoms with Gasteiger partial charge in [0.1, 0.15) is 11.6 Å². The fraction of sp³-hybridized carbons (Fsp3) is 0.857. The summed E-state index contributed by atoms with van der Waals surface area (Å²) in [6.45, 7) is 8.28. The van der Waals surface area contributed by atoms with Crippen LogP contribution in [0.2, 0.25) is 0 Å². The van der Waals surface area contributed by atoms with Crippen LogP contribution in [0.5, 0.6) is 0 Å². The molecule has 1 saturated carbocycles. The molecule has 102 valence electrons. The van der Waals surface area contributed by atoms with Gasteiger partial charge in [0, 0.05) is 12.5 Å². The van der Waals surface area contributed by atoms with Crippen molar-refractivity contribution in [2.24, 2.45) is 17.6 Å². The third kappa shape index (κ3) is 2.91. The van der Waals surface area contributed by atoms with Crippen LogP contribution >= 0.6 is 0 Å². The van der Waals surface area contributed by atoms with Crippen LogP contribution in [-0.2, 0) is 13.1 Å². The monoisotopic (exact) mass is 250 g/mol. The Hall–Kier alpha value is -0.900. The fourth-order valence-corrected chi connectivity index (χ4v) is 2.88. The molecule has 0 unspecified atom stereocenters. The van der Waals surface area contributed by atoms with Crippen LogP contribution in [0.4, 0.5) is 0 Å². The topological polar surface area (TPSA) is 56.7 Å². The Kier molecular flexibility index (Phi) is 4.38. The van der Waals surface area contributed by atoms with Crippen molar-refractivity contribution in [1.29, 1.82) is 0 Å². The molecule has 2 N–H and O–H groups in total. The Morgan fingerprint density at radius 3 is 2.44 bits per heavy atom. The molecular weight excluding hydrogens is 224 g/mol.